The molecule has 7 nitrogen and oxygen atoms in total. The molecule has 1 aromatic rings. The largest absolute Gasteiger partial charge is 0.368 e. The molecule has 7 heteroatoms. The minimum atomic E-state index is -0.321. The normalized spacial score (nSPS) is 19.8. The van der Waals surface area contributed by atoms with Gasteiger partial charge in [-0.3, -0.25) is 10.2 Å². The van der Waals surface area contributed by atoms with Gasteiger partial charge >= 0.3 is 0 Å². The zero-order valence-corrected chi connectivity index (χ0v) is 8.76. The molecule has 86 valence electrons. The molecule has 2 heterocycles. The molecule has 1 aliphatic heterocycles. The Hall–Kier alpha value is -1.89. The van der Waals surface area contributed by atoms with Gasteiger partial charge in [0.2, 0.25) is 11.9 Å². The lowest BCUT2D eigenvalue weighted by Crippen LogP contribution is -2.40. The minimum absolute atomic E-state index is 0.277. The smallest absolute Gasteiger partial charge is 0.240 e. The zero-order valence-electron chi connectivity index (χ0n) is 8.76. The van der Waals surface area contributed by atoms with Gasteiger partial charge in [-0.1, -0.05) is 0 Å². The highest BCUT2D eigenvalue weighted by molar-refractivity contribution is 5.83. The fraction of sp³-hybridized carbons (Fsp3) is 0.444. The molecular weight excluding hydrogens is 208 g/mol. The third-order valence-electron chi connectivity index (χ3n) is 2.65. The van der Waals surface area contributed by atoms with Gasteiger partial charge in [0.05, 0.1) is 0 Å². The molecule has 1 amide bonds. The van der Waals surface area contributed by atoms with Crippen LogP contribution in [0.5, 0.6) is 0 Å². The van der Waals surface area contributed by atoms with Gasteiger partial charge in [-0.15, -0.1) is 0 Å². The van der Waals surface area contributed by atoms with E-state index >= 15 is 0 Å². The maximum Gasteiger partial charge on any atom is 0.240 e. The van der Waals surface area contributed by atoms with E-state index in [0.29, 0.717) is 11.8 Å². The van der Waals surface area contributed by atoms with Crippen LogP contribution in [0.4, 0.5) is 11.8 Å². The number of nitrogens with zero attached hydrogens (tertiary/aromatic N) is 3. The van der Waals surface area contributed by atoms with Crippen LogP contribution >= 0.6 is 0 Å². The SMILES string of the molecule is NNc1nccc(N2CCCC2C(N)=O)n1. The lowest BCUT2D eigenvalue weighted by Gasteiger charge is -2.23. The van der Waals surface area contributed by atoms with Gasteiger partial charge in [-0.25, -0.2) is 10.8 Å². The molecule has 1 aromatic heterocycles. The molecule has 1 aliphatic rings. The zero-order chi connectivity index (χ0) is 11.5. The number of amides is 1. The first kappa shape index (κ1) is 10.6. The van der Waals surface area contributed by atoms with E-state index in [1.54, 1.807) is 12.3 Å². The molecular formula is C9H14N6O. The van der Waals surface area contributed by atoms with Crippen LogP contribution < -0.4 is 21.9 Å². The average Bonchev–Trinajstić information content (AvgIpc) is 2.78. The fourth-order valence-corrected chi connectivity index (χ4v) is 1.92. The standard InChI is InChI=1S/C9H14N6O/c10-8(16)6-2-1-5-15(6)7-3-4-12-9(13-7)14-11/h3-4,6H,1-2,5,11H2,(H2,10,16)(H,12,13,14). The quantitative estimate of drug-likeness (QED) is 0.457. The van der Waals surface area contributed by atoms with Crippen molar-refractivity contribution in [2.45, 2.75) is 18.9 Å². The predicted molar refractivity (Wildman–Crippen MR) is 59.4 cm³/mol. The summed E-state index contributed by atoms with van der Waals surface area (Å²) >= 11 is 0. The number of primary amides is 1. The number of nitrogens with two attached hydrogens (primary N) is 2. The molecule has 0 radical (unpaired) electrons. The summed E-state index contributed by atoms with van der Waals surface area (Å²) in [5.41, 5.74) is 7.70. The number of hydrogen-bond donors (Lipinski definition) is 3. The first-order valence-corrected chi connectivity index (χ1v) is 5.08. The highest BCUT2D eigenvalue weighted by Crippen LogP contribution is 2.23. The lowest BCUT2D eigenvalue weighted by atomic mass is 10.2. The summed E-state index contributed by atoms with van der Waals surface area (Å²) in [5.74, 6) is 5.90. The summed E-state index contributed by atoms with van der Waals surface area (Å²) in [5, 5.41) is 0. The number of carbonyl (C=O) groups excluding carboxylic acids is 1. The number of aromatic nitrogens is 2. The van der Waals surface area contributed by atoms with E-state index in [9.17, 15) is 4.79 Å². The second-order valence-corrected chi connectivity index (χ2v) is 3.64. The number of nitrogens with one attached hydrogen (secondary N) is 1. The number of anilines is 2. The summed E-state index contributed by atoms with van der Waals surface area (Å²) in [7, 11) is 0. The summed E-state index contributed by atoms with van der Waals surface area (Å²) in [6, 6.07) is 1.46. The molecule has 2 rings (SSSR count). The highest BCUT2D eigenvalue weighted by Gasteiger charge is 2.29. The monoisotopic (exact) mass is 222 g/mol. The summed E-state index contributed by atoms with van der Waals surface area (Å²) in [6.45, 7) is 0.772. The second kappa shape index (κ2) is 4.31. The van der Waals surface area contributed by atoms with Crippen molar-refractivity contribution in [2.24, 2.45) is 11.6 Å². The minimum Gasteiger partial charge on any atom is -0.368 e. The van der Waals surface area contributed by atoms with Crippen LogP contribution in [0.15, 0.2) is 12.3 Å². The van der Waals surface area contributed by atoms with E-state index in [1.165, 1.54) is 0 Å². The van der Waals surface area contributed by atoms with Crippen molar-refractivity contribution in [3.8, 4) is 0 Å². The molecule has 0 aromatic carbocycles. The van der Waals surface area contributed by atoms with Gasteiger partial charge in [0, 0.05) is 12.7 Å². The van der Waals surface area contributed by atoms with Gasteiger partial charge < -0.3 is 10.6 Å². The third kappa shape index (κ3) is 1.89. The third-order valence-corrected chi connectivity index (χ3v) is 2.65. The van der Waals surface area contributed by atoms with Gasteiger partial charge in [0.15, 0.2) is 0 Å². The molecule has 16 heavy (non-hydrogen) atoms. The maximum absolute atomic E-state index is 11.2. The second-order valence-electron chi connectivity index (χ2n) is 3.64. The van der Waals surface area contributed by atoms with Crippen LogP contribution in [-0.4, -0.2) is 28.5 Å². The van der Waals surface area contributed by atoms with Crippen LogP contribution in [0, 0.1) is 0 Å². The lowest BCUT2D eigenvalue weighted by molar-refractivity contribution is -0.119. The van der Waals surface area contributed by atoms with Crippen LogP contribution in [0.3, 0.4) is 0 Å². The van der Waals surface area contributed by atoms with E-state index < -0.39 is 0 Å². The average molecular weight is 222 g/mol. The molecule has 1 saturated heterocycles. The Labute approximate surface area is 92.8 Å². The van der Waals surface area contributed by atoms with E-state index in [4.69, 9.17) is 11.6 Å². The predicted octanol–water partition coefficient (Wildman–Crippen LogP) is -0.784. The molecule has 1 unspecified atom stereocenters. The van der Waals surface area contributed by atoms with Crippen LogP contribution in [0.1, 0.15) is 12.8 Å². The molecule has 0 aliphatic carbocycles. The van der Waals surface area contributed by atoms with Crippen LogP contribution in [-0.2, 0) is 4.79 Å². The Morgan fingerprint density at radius 1 is 1.62 bits per heavy atom. The van der Waals surface area contributed by atoms with Gasteiger partial charge in [-0.05, 0) is 18.9 Å². The topological polar surface area (TPSA) is 110 Å². The number of carbonyl (C=O) groups is 1. The first-order valence-electron chi connectivity index (χ1n) is 5.08. The van der Waals surface area contributed by atoms with Crippen molar-refractivity contribution in [3.63, 3.8) is 0 Å². The van der Waals surface area contributed by atoms with E-state index in [1.807, 2.05) is 4.90 Å². The van der Waals surface area contributed by atoms with Gasteiger partial charge in [0.25, 0.3) is 0 Å². The number of hydrazine groups is 1. The van der Waals surface area contributed by atoms with Crippen LogP contribution in [0.2, 0.25) is 0 Å². The molecule has 5 N–H and O–H groups in total. The van der Waals surface area contributed by atoms with Crippen molar-refractivity contribution < 1.29 is 4.79 Å². The Bertz CT molecular complexity index is 395. The fourth-order valence-electron chi connectivity index (χ4n) is 1.92. The number of hydrogen-bond acceptors (Lipinski definition) is 6. The van der Waals surface area contributed by atoms with Crippen molar-refractivity contribution in [1.29, 1.82) is 0 Å². The number of rotatable bonds is 3. The van der Waals surface area contributed by atoms with Gasteiger partial charge in [-0.2, -0.15) is 4.98 Å². The first-order chi connectivity index (χ1) is 7.72. The van der Waals surface area contributed by atoms with E-state index in [0.717, 1.165) is 19.4 Å². The summed E-state index contributed by atoms with van der Waals surface area (Å²) in [4.78, 5) is 21.2. The Morgan fingerprint density at radius 2 is 2.44 bits per heavy atom. The molecule has 0 saturated carbocycles. The summed E-state index contributed by atoms with van der Waals surface area (Å²) in [6.07, 6.45) is 3.29. The van der Waals surface area contributed by atoms with Crippen LogP contribution in [0.25, 0.3) is 0 Å². The Morgan fingerprint density at radius 3 is 3.12 bits per heavy atom. The Balaban J connectivity index is 2.25. The van der Waals surface area contributed by atoms with E-state index in [2.05, 4.69) is 15.4 Å². The molecule has 0 spiro atoms. The maximum atomic E-state index is 11.2. The molecule has 1 fully saturated rings. The summed E-state index contributed by atoms with van der Waals surface area (Å²) < 4.78 is 0. The van der Waals surface area contributed by atoms with Gasteiger partial charge in [0.1, 0.15) is 11.9 Å². The highest BCUT2D eigenvalue weighted by atomic mass is 16.1. The van der Waals surface area contributed by atoms with Crippen molar-refractivity contribution in [3.05, 3.63) is 12.3 Å². The van der Waals surface area contributed by atoms with Crippen molar-refractivity contribution in [1.82, 2.24) is 9.97 Å². The Kier molecular flexibility index (Phi) is 2.86. The molecule has 1 atom stereocenters. The van der Waals surface area contributed by atoms with Crippen molar-refractivity contribution >= 4 is 17.7 Å². The number of nitrogen functional groups attached to an aromatic ring is 1. The van der Waals surface area contributed by atoms with E-state index in [-0.39, 0.29) is 11.9 Å². The molecule has 0 bridgehead atoms. The van der Waals surface area contributed by atoms with Crippen molar-refractivity contribution in [2.75, 3.05) is 16.9 Å².